The van der Waals surface area contributed by atoms with E-state index in [1.807, 2.05) is 27.0 Å². The Labute approximate surface area is 104 Å². The number of nitrogens with one attached hydrogen (secondary N) is 1. The minimum Gasteiger partial charge on any atom is -0.370 e. The van der Waals surface area contributed by atoms with Crippen LogP contribution in [0.3, 0.4) is 0 Å². The summed E-state index contributed by atoms with van der Waals surface area (Å²) in [5.41, 5.74) is 2.33. The van der Waals surface area contributed by atoms with Crippen LogP contribution in [0.15, 0.2) is 12.3 Å². The lowest BCUT2D eigenvalue weighted by Crippen LogP contribution is -2.07. The standard InChI is InChI=1S/C14H22N2O/c1-4-6-13(17)7-5-8-15-14-12(3)9-11(2)10-16-14/h9-10H,4-8H2,1-3H3,(H,15,16). The molecule has 0 aliphatic carbocycles. The van der Waals surface area contributed by atoms with Crippen molar-refractivity contribution in [2.75, 3.05) is 11.9 Å². The zero-order valence-electron chi connectivity index (χ0n) is 11.0. The molecule has 0 aliphatic rings. The van der Waals surface area contributed by atoms with Gasteiger partial charge < -0.3 is 5.32 Å². The van der Waals surface area contributed by atoms with E-state index in [4.69, 9.17) is 0 Å². The third-order valence-electron chi connectivity index (χ3n) is 2.67. The fourth-order valence-corrected chi connectivity index (χ4v) is 1.80. The summed E-state index contributed by atoms with van der Waals surface area (Å²) in [5, 5.41) is 3.27. The van der Waals surface area contributed by atoms with Crippen LogP contribution >= 0.6 is 0 Å². The molecule has 0 saturated carbocycles. The first-order valence-corrected chi connectivity index (χ1v) is 6.32. The van der Waals surface area contributed by atoms with E-state index in [-0.39, 0.29) is 0 Å². The van der Waals surface area contributed by atoms with Gasteiger partial charge in [-0.05, 0) is 37.8 Å². The molecule has 0 aliphatic heterocycles. The minimum absolute atomic E-state index is 0.364. The predicted octanol–water partition coefficient (Wildman–Crippen LogP) is 3.26. The fraction of sp³-hybridized carbons (Fsp3) is 0.571. The first-order chi connectivity index (χ1) is 8.13. The maximum absolute atomic E-state index is 11.3. The van der Waals surface area contributed by atoms with Crippen LogP contribution in [0.2, 0.25) is 0 Å². The summed E-state index contributed by atoms with van der Waals surface area (Å²) in [4.78, 5) is 15.7. The van der Waals surface area contributed by atoms with Gasteiger partial charge >= 0.3 is 0 Å². The van der Waals surface area contributed by atoms with Gasteiger partial charge in [-0.3, -0.25) is 4.79 Å². The van der Waals surface area contributed by atoms with Crippen molar-refractivity contribution in [3.63, 3.8) is 0 Å². The highest BCUT2D eigenvalue weighted by molar-refractivity contribution is 5.78. The fourth-order valence-electron chi connectivity index (χ4n) is 1.80. The Bertz CT molecular complexity index is 374. The summed E-state index contributed by atoms with van der Waals surface area (Å²) in [5.74, 6) is 1.29. The third-order valence-corrected chi connectivity index (χ3v) is 2.67. The molecule has 1 aromatic heterocycles. The van der Waals surface area contributed by atoms with Gasteiger partial charge in [0.25, 0.3) is 0 Å². The number of carbonyl (C=O) groups is 1. The van der Waals surface area contributed by atoms with Gasteiger partial charge in [-0.15, -0.1) is 0 Å². The van der Waals surface area contributed by atoms with Crippen LogP contribution in [0.4, 0.5) is 5.82 Å². The van der Waals surface area contributed by atoms with Crippen molar-refractivity contribution in [3.8, 4) is 0 Å². The molecule has 0 bridgehead atoms. The van der Waals surface area contributed by atoms with Gasteiger partial charge in [0.15, 0.2) is 0 Å². The van der Waals surface area contributed by atoms with E-state index in [1.54, 1.807) is 0 Å². The van der Waals surface area contributed by atoms with E-state index in [1.165, 1.54) is 5.56 Å². The number of hydrogen-bond donors (Lipinski definition) is 1. The molecular weight excluding hydrogens is 212 g/mol. The highest BCUT2D eigenvalue weighted by Crippen LogP contribution is 2.12. The third kappa shape index (κ3) is 4.98. The number of hydrogen-bond acceptors (Lipinski definition) is 3. The van der Waals surface area contributed by atoms with Crippen molar-refractivity contribution in [1.82, 2.24) is 4.98 Å². The molecule has 0 fully saturated rings. The quantitative estimate of drug-likeness (QED) is 0.736. The predicted molar refractivity (Wildman–Crippen MR) is 71.3 cm³/mol. The normalized spacial score (nSPS) is 10.3. The summed E-state index contributed by atoms with van der Waals surface area (Å²) in [7, 11) is 0. The lowest BCUT2D eigenvalue weighted by molar-refractivity contribution is -0.119. The highest BCUT2D eigenvalue weighted by atomic mass is 16.1. The van der Waals surface area contributed by atoms with Crippen molar-refractivity contribution in [1.29, 1.82) is 0 Å². The van der Waals surface area contributed by atoms with Crippen LogP contribution in [0.25, 0.3) is 0 Å². The lowest BCUT2D eigenvalue weighted by atomic mass is 10.1. The van der Waals surface area contributed by atoms with Gasteiger partial charge in [-0.1, -0.05) is 13.0 Å². The molecule has 0 amide bonds. The van der Waals surface area contributed by atoms with Gasteiger partial charge in [0.05, 0.1) is 0 Å². The number of rotatable bonds is 7. The van der Waals surface area contributed by atoms with Crippen LogP contribution in [0.5, 0.6) is 0 Å². The number of carbonyl (C=O) groups excluding carboxylic acids is 1. The Morgan fingerprint density at radius 1 is 1.35 bits per heavy atom. The molecule has 0 aromatic carbocycles. The number of nitrogens with zero attached hydrogens (tertiary/aromatic N) is 1. The Balaban J connectivity index is 2.29. The highest BCUT2D eigenvalue weighted by Gasteiger charge is 2.01. The summed E-state index contributed by atoms with van der Waals surface area (Å²) in [6.45, 7) is 6.93. The molecule has 0 spiro atoms. The summed E-state index contributed by atoms with van der Waals surface area (Å²) < 4.78 is 0. The Morgan fingerprint density at radius 3 is 2.76 bits per heavy atom. The maximum atomic E-state index is 11.3. The van der Waals surface area contributed by atoms with Crippen molar-refractivity contribution in [3.05, 3.63) is 23.4 Å². The van der Waals surface area contributed by atoms with E-state index < -0.39 is 0 Å². The van der Waals surface area contributed by atoms with E-state index in [0.29, 0.717) is 18.6 Å². The van der Waals surface area contributed by atoms with Crippen molar-refractivity contribution < 1.29 is 4.79 Å². The van der Waals surface area contributed by atoms with Gasteiger partial charge in [0, 0.05) is 25.6 Å². The molecule has 1 aromatic rings. The average Bonchev–Trinajstić information content (AvgIpc) is 2.27. The Hall–Kier alpha value is -1.38. The monoisotopic (exact) mass is 234 g/mol. The zero-order chi connectivity index (χ0) is 12.7. The Kier molecular flexibility index (Phi) is 5.67. The van der Waals surface area contributed by atoms with Crippen LogP contribution in [-0.4, -0.2) is 17.3 Å². The van der Waals surface area contributed by atoms with Crippen molar-refractivity contribution in [2.24, 2.45) is 0 Å². The molecule has 1 heterocycles. The van der Waals surface area contributed by atoms with Crippen LogP contribution in [0.1, 0.15) is 43.7 Å². The second kappa shape index (κ2) is 7.05. The van der Waals surface area contributed by atoms with Gasteiger partial charge in [0.1, 0.15) is 11.6 Å². The molecule has 3 nitrogen and oxygen atoms in total. The minimum atomic E-state index is 0.364. The van der Waals surface area contributed by atoms with Crippen molar-refractivity contribution >= 4 is 11.6 Å². The molecule has 0 atom stereocenters. The average molecular weight is 234 g/mol. The number of pyridine rings is 1. The van der Waals surface area contributed by atoms with E-state index in [0.717, 1.165) is 30.8 Å². The van der Waals surface area contributed by atoms with E-state index in [9.17, 15) is 4.79 Å². The topological polar surface area (TPSA) is 42.0 Å². The smallest absolute Gasteiger partial charge is 0.132 e. The summed E-state index contributed by atoms with van der Waals surface area (Å²) in [6.07, 6.45) is 5.07. The zero-order valence-corrected chi connectivity index (χ0v) is 11.0. The number of ketones is 1. The van der Waals surface area contributed by atoms with E-state index >= 15 is 0 Å². The van der Waals surface area contributed by atoms with Crippen LogP contribution in [-0.2, 0) is 4.79 Å². The second-order valence-corrected chi connectivity index (χ2v) is 4.50. The molecule has 17 heavy (non-hydrogen) atoms. The molecule has 0 unspecified atom stereocenters. The number of aromatic nitrogens is 1. The molecular formula is C14H22N2O. The summed E-state index contributed by atoms with van der Waals surface area (Å²) in [6, 6.07) is 2.11. The SMILES string of the molecule is CCCC(=O)CCCNc1ncc(C)cc1C. The second-order valence-electron chi connectivity index (χ2n) is 4.50. The number of anilines is 1. The Morgan fingerprint density at radius 2 is 2.12 bits per heavy atom. The first-order valence-electron chi connectivity index (χ1n) is 6.32. The molecule has 3 heteroatoms. The summed E-state index contributed by atoms with van der Waals surface area (Å²) >= 11 is 0. The van der Waals surface area contributed by atoms with Crippen LogP contribution in [0, 0.1) is 13.8 Å². The van der Waals surface area contributed by atoms with Gasteiger partial charge in [0.2, 0.25) is 0 Å². The molecule has 0 radical (unpaired) electrons. The number of Topliss-reactive ketones (excluding diaryl/α,β-unsaturated/α-hetero) is 1. The van der Waals surface area contributed by atoms with Gasteiger partial charge in [-0.25, -0.2) is 4.98 Å². The molecule has 0 saturated heterocycles. The van der Waals surface area contributed by atoms with Crippen LogP contribution < -0.4 is 5.32 Å². The van der Waals surface area contributed by atoms with Gasteiger partial charge in [-0.2, -0.15) is 0 Å². The molecule has 1 N–H and O–H groups in total. The first kappa shape index (κ1) is 13.7. The number of aryl methyl sites for hydroxylation is 2. The lowest BCUT2D eigenvalue weighted by Gasteiger charge is -2.08. The largest absolute Gasteiger partial charge is 0.370 e. The maximum Gasteiger partial charge on any atom is 0.132 e. The molecule has 1 rings (SSSR count). The van der Waals surface area contributed by atoms with E-state index in [2.05, 4.69) is 16.4 Å². The molecule has 94 valence electrons. The van der Waals surface area contributed by atoms with Crippen molar-refractivity contribution in [2.45, 2.75) is 46.5 Å².